The smallest absolute Gasteiger partial charge is 0.0178 e. The van der Waals surface area contributed by atoms with Crippen LogP contribution in [0.4, 0.5) is 0 Å². The summed E-state index contributed by atoms with van der Waals surface area (Å²) in [4.78, 5) is 0. The minimum Gasteiger partial charge on any atom is -0.0683 e. The predicted molar refractivity (Wildman–Crippen MR) is 64.2 cm³/mol. The Balaban J connectivity index is 0.000000671. The average molecular weight is 243 g/mol. The van der Waals surface area contributed by atoms with Gasteiger partial charge in [-0.25, -0.2) is 0 Å². The van der Waals surface area contributed by atoms with E-state index in [9.17, 15) is 0 Å². The summed E-state index contributed by atoms with van der Waals surface area (Å²) >= 11 is 3.46. The molecule has 0 aliphatic rings. The van der Waals surface area contributed by atoms with Gasteiger partial charge in [0.25, 0.3) is 0 Å². The van der Waals surface area contributed by atoms with Crippen LogP contribution >= 0.6 is 15.9 Å². The lowest BCUT2D eigenvalue weighted by Gasteiger charge is -2.08. The van der Waals surface area contributed by atoms with Crippen molar-refractivity contribution in [1.82, 2.24) is 0 Å². The zero-order valence-electron chi connectivity index (χ0n) is 8.97. The second kappa shape index (κ2) is 7.14. The van der Waals surface area contributed by atoms with E-state index < -0.39 is 0 Å². The number of rotatable bonds is 2. The van der Waals surface area contributed by atoms with Crippen LogP contribution in [0.25, 0.3) is 0 Å². The highest BCUT2D eigenvalue weighted by molar-refractivity contribution is 9.10. The Morgan fingerprint density at radius 2 is 1.92 bits per heavy atom. The third-order valence-electron chi connectivity index (χ3n) is 2.03. The molecule has 1 atom stereocenters. The molecule has 1 rings (SSSR count). The maximum Gasteiger partial charge on any atom is 0.0178 e. The van der Waals surface area contributed by atoms with Crippen molar-refractivity contribution < 1.29 is 0 Å². The number of hydrogen-bond acceptors (Lipinski definition) is 0. The van der Waals surface area contributed by atoms with Gasteiger partial charge in [0.05, 0.1) is 0 Å². The monoisotopic (exact) mass is 242 g/mol. The van der Waals surface area contributed by atoms with E-state index in [0.717, 1.165) is 0 Å². The molecule has 0 amide bonds. The van der Waals surface area contributed by atoms with Gasteiger partial charge in [-0.05, 0) is 30.0 Å². The van der Waals surface area contributed by atoms with Crippen LogP contribution in [0.5, 0.6) is 0 Å². The van der Waals surface area contributed by atoms with Gasteiger partial charge in [0, 0.05) is 4.47 Å². The third-order valence-corrected chi connectivity index (χ3v) is 2.52. The molecule has 1 aromatic carbocycles. The molecule has 0 aliphatic carbocycles. The number of benzene rings is 1. The molecule has 74 valence electrons. The molecule has 0 radical (unpaired) electrons. The molecule has 0 bridgehead atoms. The minimum absolute atomic E-state index is 0.674. The van der Waals surface area contributed by atoms with E-state index in [-0.39, 0.29) is 0 Å². The Hall–Kier alpha value is -0.300. The van der Waals surface area contributed by atoms with Crippen molar-refractivity contribution in [1.29, 1.82) is 0 Å². The first-order valence-electron chi connectivity index (χ1n) is 4.99. The van der Waals surface area contributed by atoms with Crippen LogP contribution in [0.15, 0.2) is 28.7 Å². The molecule has 0 saturated heterocycles. The van der Waals surface area contributed by atoms with Gasteiger partial charge in [-0.15, -0.1) is 0 Å². The lowest BCUT2D eigenvalue weighted by Crippen LogP contribution is -1.89. The summed E-state index contributed by atoms with van der Waals surface area (Å²) in [6, 6.07) is 8.52. The van der Waals surface area contributed by atoms with Crippen molar-refractivity contribution >= 4 is 15.9 Å². The van der Waals surface area contributed by atoms with E-state index in [4.69, 9.17) is 0 Å². The van der Waals surface area contributed by atoms with Gasteiger partial charge < -0.3 is 0 Å². The Bertz CT molecular complexity index is 230. The first-order valence-corrected chi connectivity index (χ1v) is 5.78. The molecule has 0 aliphatic heterocycles. The van der Waals surface area contributed by atoms with Gasteiger partial charge in [-0.2, -0.15) is 0 Å². The standard InChI is InChI=1S/C10H13Br.C2H6/c1-3-8(2)9-5-4-6-10(11)7-9;1-2/h4-8H,3H2,1-2H3;1-2H3. The summed E-state index contributed by atoms with van der Waals surface area (Å²) in [5, 5.41) is 0. The van der Waals surface area contributed by atoms with Crippen LogP contribution < -0.4 is 0 Å². The van der Waals surface area contributed by atoms with E-state index >= 15 is 0 Å². The summed E-state index contributed by atoms with van der Waals surface area (Å²) < 4.78 is 1.18. The third kappa shape index (κ3) is 4.47. The van der Waals surface area contributed by atoms with E-state index in [1.807, 2.05) is 13.8 Å². The highest BCUT2D eigenvalue weighted by Crippen LogP contribution is 2.21. The van der Waals surface area contributed by atoms with Crippen molar-refractivity contribution in [3.05, 3.63) is 34.3 Å². The van der Waals surface area contributed by atoms with Crippen molar-refractivity contribution in [2.45, 2.75) is 40.0 Å². The second-order valence-electron chi connectivity index (χ2n) is 2.86. The second-order valence-corrected chi connectivity index (χ2v) is 3.78. The molecule has 0 nitrogen and oxygen atoms in total. The zero-order chi connectivity index (χ0) is 10.3. The van der Waals surface area contributed by atoms with Crippen LogP contribution in [0.1, 0.15) is 45.6 Å². The molecule has 1 unspecified atom stereocenters. The van der Waals surface area contributed by atoms with E-state index in [2.05, 4.69) is 54.0 Å². The van der Waals surface area contributed by atoms with Crippen LogP contribution in [0.3, 0.4) is 0 Å². The molecule has 0 N–H and O–H groups in total. The maximum absolute atomic E-state index is 3.46. The van der Waals surface area contributed by atoms with Gasteiger partial charge in [0.2, 0.25) is 0 Å². The molecule has 0 fully saturated rings. The van der Waals surface area contributed by atoms with Crippen molar-refractivity contribution in [2.24, 2.45) is 0 Å². The van der Waals surface area contributed by atoms with E-state index in [1.165, 1.54) is 16.5 Å². The topological polar surface area (TPSA) is 0 Å². The highest BCUT2D eigenvalue weighted by Gasteiger charge is 2.01. The summed E-state index contributed by atoms with van der Waals surface area (Å²) in [6.07, 6.45) is 1.20. The summed E-state index contributed by atoms with van der Waals surface area (Å²) in [6.45, 7) is 8.47. The number of hydrogen-bond donors (Lipinski definition) is 0. The Labute approximate surface area is 90.5 Å². The highest BCUT2D eigenvalue weighted by atomic mass is 79.9. The molecule has 0 aromatic heterocycles. The van der Waals surface area contributed by atoms with Crippen LogP contribution in [0, 0.1) is 0 Å². The predicted octanol–water partition coefficient (Wildman–Crippen LogP) is 4.99. The van der Waals surface area contributed by atoms with Crippen LogP contribution in [-0.4, -0.2) is 0 Å². The fraction of sp³-hybridized carbons (Fsp3) is 0.500. The van der Waals surface area contributed by atoms with E-state index in [1.54, 1.807) is 0 Å². The number of halogens is 1. The molecule has 0 heterocycles. The summed E-state index contributed by atoms with van der Waals surface area (Å²) in [5.41, 5.74) is 1.42. The van der Waals surface area contributed by atoms with E-state index in [0.29, 0.717) is 5.92 Å². The van der Waals surface area contributed by atoms with Crippen LogP contribution in [-0.2, 0) is 0 Å². The summed E-state index contributed by atoms with van der Waals surface area (Å²) in [7, 11) is 0. The Morgan fingerprint density at radius 1 is 1.31 bits per heavy atom. The molecular weight excluding hydrogens is 224 g/mol. The lowest BCUT2D eigenvalue weighted by molar-refractivity contribution is 0.733. The molecule has 0 saturated carbocycles. The first-order chi connectivity index (χ1) is 6.24. The van der Waals surface area contributed by atoms with Gasteiger partial charge in [-0.1, -0.05) is 55.8 Å². The molecule has 0 spiro atoms. The van der Waals surface area contributed by atoms with Crippen LogP contribution in [0.2, 0.25) is 0 Å². The largest absolute Gasteiger partial charge is 0.0683 e. The molecule has 1 aromatic rings. The van der Waals surface area contributed by atoms with Crippen molar-refractivity contribution in [3.8, 4) is 0 Å². The van der Waals surface area contributed by atoms with Gasteiger partial charge in [-0.3, -0.25) is 0 Å². The van der Waals surface area contributed by atoms with Gasteiger partial charge in [0.1, 0.15) is 0 Å². The fourth-order valence-electron chi connectivity index (χ4n) is 1.05. The lowest BCUT2D eigenvalue weighted by atomic mass is 9.99. The SMILES string of the molecule is CC.CCC(C)c1cccc(Br)c1. The first kappa shape index (κ1) is 12.7. The zero-order valence-corrected chi connectivity index (χ0v) is 10.6. The molecule has 13 heavy (non-hydrogen) atoms. The minimum atomic E-state index is 0.674. The Morgan fingerprint density at radius 3 is 2.38 bits per heavy atom. The van der Waals surface area contributed by atoms with Gasteiger partial charge in [0.15, 0.2) is 0 Å². The molecule has 1 heteroatoms. The maximum atomic E-state index is 3.46. The average Bonchev–Trinajstić information content (AvgIpc) is 2.20. The van der Waals surface area contributed by atoms with Gasteiger partial charge >= 0.3 is 0 Å². The quantitative estimate of drug-likeness (QED) is 0.686. The fourth-order valence-corrected chi connectivity index (χ4v) is 1.47. The Kier molecular flexibility index (Phi) is 6.97. The van der Waals surface area contributed by atoms with Crippen molar-refractivity contribution in [2.75, 3.05) is 0 Å². The summed E-state index contributed by atoms with van der Waals surface area (Å²) in [5.74, 6) is 0.674. The van der Waals surface area contributed by atoms with Crippen molar-refractivity contribution in [3.63, 3.8) is 0 Å². The normalized spacial score (nSPS) is 11.5. The molecular formula is C12H19Br.